The minimum absolute atomic E-state index is 0.227. The highest BCUT2D eigenvalue weighted by Gasteiger charge is 2.45. The first-order valence-electron chi connectivity index (χ1n) is 11.4. The Morgan fingerprint density at radius 2 is 1.28 bits per heavy atom. The zero-order valence-corrected chi connectivity index (χ0v) is 19.2. The monoisotopic (exact) mass is 494 g/mol. The quantitative estimate of drug-likeness (QED) is 0.350. The highest BCUT2D eigenvalue weighted by Crippen LogP contribution is 2.50. The summed E-state index contributed by atoms with van der Waals surface area (Å²) in [6.07, 6.45) is -0.143. The third kappa shape index (κ3) is 4.90. The number of carboxylic acid groups (broad SMARTS) is 1. The number of imidazole rings is 1. The molecular formula is C28H25F3N2O3. The SMILES string of the molecule is O=C(O)C(F)(F)F.OC[C@@H]1C[C@H]1c1cncn1C(c1ccccc1)(c1ccccc1)c1ccccc1. The van der Waals surface area contributed by atoms with Crippen LogP contribution >= 0.6 is 0 Å². The molecule has 2 atom stereocenters. The molecule has 5 rings (SSSR count). The zero-order valence-electron chi connectivity index (χ0n) is 19.2. The number of aliphatic hydroxyl groups excluding tert-OH is 1. The number of aliphatic carboxylic acids is 1. The standard InChI is InChI=1S/C26H24N2O.C2HF3O2/c29-18-20-16-24(20)25-17-27-19-28(25)26(21-10-4-1-5-11-21,22-12-6-2-7-13-22)23-14-8-3-9-15-23;3-2(4,5)1(6)7/h1-15,17,19-20,24,29H,16,18H2;(H,6,7)/t20-,24+;/m0./s1. The number of hydrogen-bond donors (Lipinski definition) is 2. The van der Waals surface area contributed by atoms with Crippen LogP contribution in [-0.4, -0.2) is 38.5 Å². The van der Waals surface area contributed by atoms with E-state index in [0.29, 0.717) is 11.8 Å². The smallest absolute Gasteiger partial charge is 0.475 e. The van der Waals surface area contributed by atoms with E-state index >= 15 is 0 Å². The summed E-state index contributed by atoms with van der Waals surface area (Å²) < 4.78 is 34.1. The van der Waals surface area contributed by atoms with Crippen LogP contribution in [-0.2, 0) is 10.3 Å². The molecule has 4 aromatic rings. The van der Waals surface area contributed by atoms with Gasteiger partial charge < -0.3 is 14.8 Å². The van der Waals surface area contributed by atoms with E-state index in [1.807, 2.05) is 12.5 Å². The molecule has 0 aliphatic heterocycles. The van der Waals surface area contributed by atoms with Gasteiger partial charge in [0.1, 0.15) is 5.54 Å². The van der Waals surface area contributed by atoms with Crippen LogP contribution in [0.3, 0.4) is 0 Å². The third-order valence-corrected chi connectivity index (χ3v) is 6.38. The van der Waals surface area contributed by atoms with E-state index in [-0.39, 0.29) is 6.61 Å². The maximum atomic E-state index is 10.6. The minimum Gasteiger partial charge on any atom is -0.475 e. The summed E-state index contributed by atoms with van der Waals surface area (Å²) >= 11 is 0. The summed E-state index contributed by atoms with van der Waals surface area (Å²) in [5, 5.41) is 16.8. The molecular weight excluding hydrogens is 469 g/mol. The Bertz CT molecular complexity index is 1180. The fraction of sp³-hybridized carbons (Fsp3) is 0.214. The molecule has 2 N–H and O–H groups in total. The van der Waals surface area contributed by atoms with E-state index in [2.05, 4.69) is 101 Å². The van der Waals surface area contributed by atoms with Crippen LogP contribution in [0.2, 0.25) is 0 Å². The fourth-order valence-electron chi connectivity index (χ4n) is 4.63. The number of hydrogen-bond acceptors (Lipinski definition) is 3. The van der Waals surface area contributed by atoms with Crippen LogP contribution in [0.15, 0.2) is 104 Å². The second-order valence-electron chi connectivity index (χ2n) is 8.58. The van der Waals surface area contributed by atoms with Crippen molar-refractivity contribution in [2.24, 2.45) is 5.92 Å². The van der Waals surface area contributed by atoms with Gasteiger partial charge in [-0.15, -0.1) is 0 Å². The van der Waals surface area contributed by atoms with Crippen molar-refractivity contribution in [1.82, 2.24) is 9.55 Å². The maximum Gasteiger partial charge on any atom is 0.490 e. The van der Waals surface area contributed by atoms with Crippen LogP contribution in [0.5, 0.6) is 0 Å². The largest absolute Gasteiger partial charge is 0.490 e. The Morgan fingerprint density at radius 1 is 0.861 bits per heavy atom. The molecule has 1 heterocycles. The van der Waals surface area contributed by atoms with Crippen LogP contribution in [0.4, 0.5) is 13.2 Å². The minimum atomic E-state index is -5.08. The Morgan fingerprint density at radius 3 is 1.61 bits per heavy atom. The molecule has 1 aromatic heterocycles. The van der Waals surface area contributed by atoms with Crippen LogP contribution in [0.1, 0.15) is 34.7 Å². The van der Waals surface area contributed by atoms with Gasteiger partial charge in [-0.3, -0.25) is 0 Å². The predicted molar refractivity (Wildman–Crippen MR) is 128 cm³/mol. The lowest BCUT2D eigenvalue weighted by atomic mass is 9.76. The van der Waals surface area contributed by atoms with Crippen molar-refractivity contribution < 1.29 is 28.2 Å². The van der Waals surface area contributed by atoms with Crippen molar-refractivity contribution >= 4 is 5.97 Å². The average Bonchev–Trinajstić information content (AvgIpc) is 3.53. The lowest BCUT2D eigenvalue weighted by Crippen LogP contribution is -2.38. The van der Waals surface area contributed by atoms with Gasteiger partial charge in [-0.25, -0.2) is 9.78 Å². The lowest BCUT2D eigenvalue weighted by Gasteiger charge is -2.38. The molecule has 0 radical (unpaired) electrons. The topological polar surface area (TPSA) is 75.3 Å². The van der Waals surface area contributed by atoms with E-state index in [1.54, 1.807) is 0 Å². The second-order valence-corrected chi connectivity index (χ2v) is 8.58. The van der Waals surface area contributed by atoms with Crippen molar-refractivity contribution in [3.63, 3.8) is 0 Å². The molecule has 1 aliphatic carbocycles. The van der Waals surface area contributed by atoms with Crippen LogP contribution in [0.25, 0.3) is 0 Å². The van der Waals surface area contributed by atoms with Crippen LogP contribution in [0, 0.1) is 5.92 Å². The number of aromatic nitrogens is 2. The third-order valence-electron chi connectivity index (χ3n) is 6.38. The van der Waals surface area contributed by atoms with Gasteiger partial charge in [0.05, 0.1) is 6.33 Å². The molecule has 0 spiro atoms. The van der Waals surface area contributed by atoms with Gasteiger partial charge in [0.2, 0.25) is 0 Å². The van der Waals surface area contributed by atoms with Crippen LogP contribution < -0.4 is 0 Å². The highest BCUT2D eigenvalue weighted by molar-refractivity contribution is 5.73. The van der Waals surface area contributed by atoms with Gasteiger partial charge in [-0.1, -0.05) is 91.0 Å². The van der Waals surface area contributed by atoms with Gasteiger partial charge in [0.15, 0.2) is 0 Å². The fourth-order valence-corrected chi connectivity index (χ4v) is 4.63. The Hall–Kier alpha value is -3.91. The van der Waals surface area contributed by atoms with Gasteiger partial charge in [0.25, 0.3) is 0 Å². The molecule has 0 bridgehead atoms. The number of carbonyl (C=O) groups is 1. The molecule has 5 nitrogen and oxygen atoms in total. The van der Waals surface area contributed by atoms with E-state index in [9.17, 15) is 18.3 Å². The van der Waals surface area contributed by atoms with E-state index < -0.39 is 17.7 Å². The summed E-state index contributed by atoms with van der Waals surface area (Å²) in [5.41, 5.74) is 4.23. The molecule has 1 saturated carbocycles. The molecule has 1 fully saturated rings. The molecule has 0 unspecified atom stereocenters. The van der Waals surface area contributed by atoms with Crippen molar-refractivity contribution in [1.29, 1.82) is 0 Å². The molecule has 8 heteroatoms. The molecule has 36 heavy (non-hydrogen) atoms. The van der Waals surface area contributed by atoms with Crippen molar-refractivity contribution in [2.45, 2.75) is 24.1 Å². The number of halogens is 3. The molecule has 0 amide bonds. The first kappa shape index (κ1) is 25.2. The summed E-state index contributed by atoms with van der Waals surface area (Å²) in [4.78, 5) is 13.5. The number of carboxylic acids is 1. The number of aliphatic hydroxyl groups is 1. The maximum absolute atomic E-state index is 10.6. The number of benzene rings is 3. The van der Waals surface area contributed by atoms with Crippen molar-refractivity contribution in [3.05, 3.63) is 126 Å². The van der Waals surface area contributed by atoms with E-state index in [1.165, 1.54) is 22.4 Å². The van der Waals surface area contributed by atoms with Gasteiger partial charge in [-0.2, -0.15) is 13.2 Å². The Kier molecular flexibility index (Phi) is 7.26. The van der Waals surface area contributed by atoms with E-state index in [4.69, 9.17) is 9.90 Å². The number of rotatable bonds is 6. The number of nitrogens with zero attached hydrogens (tertiary/aromatic N) is 2. The summed E-state index contributed by atoms with van der Waals surface area (Å²) in [6.45, 7) is 0.227. The van der Waals surface area contributed by atoms with Crippen molar-refractivity contribution in [2.75, 3.05) is 6.61 Å². The molecule has 186 valence electrons. The Labute approximate surface area is 206 Å². The summed E-state index contributed by atoms with van der Waals surface area (Å²) in [5.74, 6) is -2.09. The zero-order chi connectivity index (χ0) is 25.8. The van der Waals surface area contributed by atoms with E-state index in [0.717, 1.165) is 6.42 Å². The lowest BCUT2D eigenvalue weighted by molar-refractivity contribution is -0.192. The second kappa shape index (κ2) is 10.4. The first-order chi connectivity index (χ1) is 17.3. The average molecular weight is 495 g/mol. The summed E-state index contributed by atoms with van der Waals surface area (Å²) in [7, 11) is 0. The molecule has 3 aromatic carbocycles. The predicted octanol–water partition coefficient (Wildman–Crippen LogP) is 5.45. The van der Waals surface area contributed by atoms with Gasteiger partial charge in [0, 0.05) is 24.4 Å². The Balaban J connectivity index is 0.000000384. The first-order valence-corrected chi connectivity index (χ1v) is 11.4. The molecule has 0 saturated heterocycles. The van der Waals surface area contributed by atoms with Crippen molar-refractivity contribution in [3.8, 4) is 0 Å². The van der Waals surface area contributed by atoms with Gasteiger partial charge in [-0.05, 0) is 29.0 Å². The normalized spacial score (nSPS) is 17.1. The summed E-state index contributed by atoms with van der Waals surface area (Å²) in [6, 6.07) is 31.9. The highest BCUT2D eigenvalue weighted by atomic mass is 19.4. The van der Waals surface area contributed by atoms with Gasteiger partial charge >= 0.3 is 12.1 Å². The number of alkyl halides is 3. The molecule has 1 aliphatic rings.